The molecule has 0 bridgehead atoms. The SMILES string of the molecule is CC1(C)[C@@H](C(=O)O)[C@@H]1C(=O)NCC(=O)O. The molecular weight excluding hydrogens is 202 g/mol. The number of hydrogen-bond acceptors (Lipinski definition) is 3. The molecule has 6 heteroatoms. The van der Waals surface area contributed by atoms with Crippen LogP contribution in [0.15, 0.2) is 0 Å². The minimum Gasteiger partial charge on any atom is -0.481 e. The summed E-state index contributed by atoms with van der Waals surface area (Å²) in [6.07, 6.45) is 0. The molecule has 84 valence electrons. The first-order valence-corrected chi connectivity index (χ1v) is 4.50. The molecule has 0 unspecified atom stereocenters. The van der Waals surface area contributed by atoms with Gasteiger partial charge in [-0.25, -0.2) is 0 Å². The highest BCUT2D eigenvalue weighted by Gasteiger charge is 2.65. The molecule has 1 aliphatic carbocycles. The van der Waals surface area contributed by atoms with E-state index in [0.717, 1.165) is 0 Å². The van der Waals surface area contributed by atoms with Gasteiger partial charge in [-0.05, 0) is 5.41 Å². The van der Waals surface area contributed by atoms with Gasteiger partial charge in [0, 0.05) is 0 Å². The van der Waals surface area contributed by atoms with Gasteiger partial charge < -0.3 is 15.5 Å². The van der Waals surface area contributed by atoms with Crippen LogP contribution in [-0.2, 0) is 14.4 Å². The maximum atomic E-state index is 11.4. The maximum Gasteiger partial charge on any atom is 0.322 e. The quantitative estimate of drug-likeness (QED) is 0.589. The van der Waals surface area contributed by atoms with Gasteiger partial charge in [-0.3, -0.25) is 14.4 Å². The Labute approximate surface area is 86.3 Å². The van der Waals surface area contributed by atoms with E-state index in [4.69, 9.17) is 10.2 Å². The molecule has 0 spiro atoms. The Morgan fingerprint density at radius 1 is 1.20 bits per heavy atom. The second kappa shape index (κ2) is 3.52. The Bertz CT molecular complexity index is 322. The van der Waals surface area contributed by atoms with Crippen LogP contribution in [0.3, 0.4) is 0 Å². The second-order valence-electron chi connectivity index (χ2n) is 4.23. The van der Waals surface area contributed by atoms with E-state index in [-0.39, 0.29) is 0 Å². The van der Waals surface area contributed by atoms with Gasteiger partial charge in [0.05, 0.1) is 11.8 Å². The number of rotatable bonds is 4. The summed E-state index contributed by atoms with van der Waals surface area (Å²) >= 11 is 0. The molecular formula is C9H13NO5. The molecule has 0 radical (unpaired) electrons. The number of hydrogen-bond donors (Lipinski definition) is 3. The van der Waals surface area contributed by atoms with Gasteiger partial charge in [-0.15, -0.1) is 0 Å². The lowest BCUT2D eigenvalue weighted by atomic mass is 10.1. The standard InChI is InChI=1S/C9H13NO5/c1-9(2)5(6(9)8(14)15)7(13)10-3-4(11)12/h5-6H,3H2,1-2H3,(H,10,13)(H,11,12)(H,14,15)/t5-,6-/m1/s1. The predicted molar refractivity (Wildman–Crippen MR) is 49.0 cm³/mol. The van der Waals surface area contributed by atoms with E-state index in [1.54, 1.807) is 13.8 Å². The second-order valence-corrected chi connectivity index (χ2v) is 4.23. The average Bonchev–Trinajstić information content (AvgIpc) is 2.65. The van der Waals surface area contributed by atoms with Crippen molar-refractivity contribution in [1.82, 2.24) is 5.32 Å². The maximum absolute atomic E-state index is 11.4. The summed E-state index contributed by atoms with van der Waals surface area (Å²) in [4.78, 5) is 32.3. The van der Waals surface area contributed by atoms with Gasteiger partial charge in [0.2, 0.25) is 5.91 Å². The molecule has 1 amide bonds. The van der Waals surface area contributed by atoms with E-state index < -0.39 is 41.6 Å². The monoisotopic (exact) mass is 215 g/mol. The molecule has 0 aliphatic heterocycles. The molecule has 0 saturated heterocycles. The van der Waals surface area contributed by atoms with Crippen molar-refractivity contribution in [3.63, 3.8) is 0 Å². The van der Waals surface area contributed by atoms with Crippen molar-refractivity contribution >= 4 is 17.8 Å². The van der Waals surface area contributed by atoms with E-state index >= 15 is 0 Å². The van der Waals surface area contributed by atoms with E-state index in [1.165, 1.54) is 0 Å². The summed E-state index contributed by atoms with van der Waals surface area (Å²) in [5.41, 5.74) is -0.589. The fourth-order valence-electron chi connectivity index (χ4n) is 1.86. The van der Waals surface area contributed by atoms with Gasteiger partial charge in [-0.1, -0.05) is 13.8 Å². The first kappa shape index (κ1) is 11.5. The van der Waals surface area contributed by atoms with Crippen molar-refractivity contribution in [2.24, 2.45) is 17.3 Å². The molecule has 1 saturated carbocycles. The lowest BCUT2D eigenvalue weighted by molar-refractivity contribution is -0.140. The molecule has 3 N–H and O–H groups in total. The molecule has 2 atom stereocenters. The smallest absolute Gasteiger partial charge is 0.322 e. The summed E-state index contributed by atoms with van der Waals surface area (Å²) < 4.78 is 0. The molecule has 1 fully saturated rings. The number of carboxylic acid groups (broad SMARTS) is 2. The lowest BCUT2D eigenvalue weighted by Crippen LogP contribution is -2.32. The fraction of sp³-hybridized carbons (Fsp3) is 0.667. The number of carboxylic acids is 2. The molecule has 0 aromatic carbocycles. The van der Waals surface area contributed by atoms with Crippen LogP contribution in [-0.4, -0.2) is 34.6 Å². The van der Waals surface area contributed by atoms with E-state index in [1.807, 2.05) is 0 Å². The van der Waals surface area contributed by atoms with Gasteiger partial charge >= 0.3 is 11.9 Å². The first-order chi connectivity index (χ1) is 6.78. The van der Waals surface area contributed by atoms with E-state index in [9.17, 15) is 14.4 Å². The Balaban J connectivity index is 2.56. The molecule has 1 rings (SSSR count). The summed E-state index contributed by atoms with van der Waals surface area (Å²) in [6, 6.07) is 0. The lowest BCUT2D eigenvalue weighted by Gasteiger charge is -2.02. The molecule has 0 aromatic rings. The van der Waals surface area contributed by atoms with Gasteiger partial charge in [-0.2, -0.15) is 0 Å². The van der Waals surface area contributed by atoms with Crippen molar-refractivity contribution < 1.29 is 24.6 Å². The van der Waals surface area contributed by atoms with Gasteiger partial charge in [0.25, 0.3) is 0 Å². The van der Waals surface area contributed by atoms with Crippen molar-refractivity contribution in [2.45, 2.75) is 13.8 Å². The number of aliphatic carboxylic acids is 2. The van der Waals surface area contributed by atoms with Crippen LogP contribution in [0.2, 0.25) is 0 Å². The third-order valence-electron chi connectivity index (χ3n) is 2.79. The Morgan fingerprint density at radius 3 is 2.07 bits per heavy atom. The van der Waals surface area contributed by atoms with E-state index in [2.05, 4.69) is 5.32 Å². The molecule has 6 nitrogen and oxygen atoms in total. The van der Waals surface area contributed by atoms with Crippen molar-refractivity contribution in [3.8, 4) is 0 Å². The van der Waals surface area contributed by atoms with Crippen molar-refractivity contribution in [3.05, 3.63) is 0 Å². The highest BCUT2D eigenvalue weighted by atomic mass is 16.4. The van der Waals surface area contributed by atoms with Crippen LogP contribution in [0.25, 0.3) is 0 Å². The predicted octanol–water partition coefficient (Wildman–Crippen LogP) is -0.456. The summed E-state index contributed by atoms with van der Waals surface area (Å²) in [5, 5.41) is 19.3. The van der Waals surface area contributed by atoms with Crippen LogP contribution >= 0.6 is 0 Å². The molecule has 0 aromatic heterocycles. The summed E-state index contributed by atoms with van der Waals surface area (Å²) in [6.45, 7) is 2.88. The first-order valence-electron chi connectivity index (χ1n) is 4.50. The third-order valence-corrected chi connectivity index (χ3v) is 2.79. The largest absolute Gasteiger partial charge is 0.481 e. The number of nitrogens with one attached hydrogen (secondary N) is 1. The van der Waals surface area contributed by atoms with Crippen LogP contribution in [0.1, 0.15) is 13.8 Å². The number of carbonyl (C=O) groups excluding carboxylic acids is 1. The van der Waals surface area contributed by atoms with E-state index in [0.29, 0.717) is 0 Å². The topological polar surface area (TPSA) is 104 Å². The summed E-state index contributed by atoms with van der Waals surface area (Å²) in [7, 11) is 0. The Hall–Kier alpha value is -1.59. The minimum absolute atomic E-state index is 0.474. The Morgan fingerprint density at radius 2 is 1.73 bits per heavy atom. The van der Waals surface area contributed by atoms with Gasteiger partial charge in [0.1, 0.15) is 6.54 Å². The zero-order chi connectivity index (χ0) is 11.8. The average molecular weight is 215 g/mol. The van der Waals surface area contributed by atoms with Crippen LogP contribution in [0.4, 0.5) is 0 Å². The minimum atomic E-state index is -1.14. The highest BCUT2D eigenvalue weighted by molar-refractivity contribution is 5.92. The zero-order valence-electron chi connectivity index (χ0n) is 8.48. The molecule has 0 heterocycles. The van der Waals surface area contributed by atoms with Crippen molar-refractivity contribution in [2.75, 3.05) is 6.54 Å². The zero-order valence-corrected chi connectivity index (χ0v) is 8.48. The summed E-state index contributed by atoms with van der Waals surface area (Å²) in [5.74, 6) is -4.01. The molecule has 1 aliphatic rings. The third kappa shape index (κ3) is 2.08. The normalized spacial score (nSPS) is 26.8. The van der Waals surface area contributed by atoms with Crippen LogP contribution in [0.5, 0.6) is 0 Å². The highest BCUT2D eigenvalue weighted by Crippen LogP contribution is 2.58. The Kier molecular flexibility index (Phi) is 2.70. The van der Waals surface area contributed by atoms with Crippen LogP contribution < -0.4 is 5.32 Å². The molecule has 15 heavy (non-hydrogen) atoms. The number of amides is 1. The van der Waals surface area contributed by atoms with Gasteiger partial charge in [0.15, 0.2) is 0 Å². The van der Waals surface area contributed by atoms with Crippen molar-refractivity contribution in [1.29, 1.82) is 0 Å². The van der Waals surface area contributed by atoms with Crippen LogP contribution in [0, 0.1) is 17.3 Å². The fourth-order valence-corrected chi connectivity index (χ4v) is 1.86. The number of carbonyl (C=O) groups is 3.